The largest absolute Gasteiger partial charge is 0.384 e. The number of H-pyrrole nitrogens is 1. The SMILES string of the molecule is OCC#Cc1ccc(CSc2ncc[nH]2)c(F)c1. The average molecular weight is 262 g/mol. The normalized spacial score (nSPS) is 9.89. The van der Waals surface area contributed by atoms with Gasteiger partial charge < -0.3 is 10.1 Å². The van der Waals surface area contributed by atoms with Crippen LogP contribution in [0.2, 0.25) is 0 Å². The van der Waals surface area contributed by atoms with Crippen LogP contribution < -0.4 is 0 Å². The third-order valence-corrected chi connectivity index (χ3v) is 3.15. The summed E-state index contributed by atoms with van der Waals surface area (Å²) >= 11 is 1.44. The van der Waals surface area contributed by atoms with Gasteiger partial charge in [-0.1, -0.05) is 29.7 Å². The lowest BCUT2D eigenvalue weighted by atomic mass is 10.1. The van der Waals surface area contributed by atoms with Crippen molar-refractivity contribution in [3.8, 4) is 11.8 Å². The van der Waals surface area contributed by atoms with Crippen molar-refractivity contribution in [3.05, 3.63) is 47.5 Å². The van der Waals surface area contributed by atoms with Crippen LogP contribution in [0, 0.1) is 17.7 Å². The highest BCUT2D eigenvalue weighted by atomic mass is 32.2. The van der Waals surface area contributed by atoms with Gasteiger partial charge in [0.15, 0.2) is 5.16 Å². The van der Waals surface area contributed by atoms with Crippen LogP contribution in [0.25, 0.3) is 0 Å². The first-order valence-corrected chi connectivity index (χ1v) is 6.28. The molecule has 1 aromatic carbocycles. The lowest BCUT2D eigenvalue weighted by molar-refractivity contribution is 0.350. The number of aromatic nitrogens is 2. The van der Waals surface area contributed by atoms with Gasteiger partial charge in [-0.2, -0.15) is 0 Å². The average Bonchev–Trinajstić information content (AvgIpc) is 2.88. The molecular formula is C13H11FN2OS. The van der Waals surface area contributed by atoms with Crippen LogP contribution in [0.5, 0.6) is 0 Å². The van der Waals surface area contributed by atoms with Crippen LogP contribution in [0.3, 0.4) is 0 Å². The number of imidazole rings is 1. The molecule has 0 saturated carbocycles. The first-order chi connectivity index (χ1) is 8.79. The van der Waals surface area contributed by atoms with Gasteiger partial charge in [-0.25, -0.2) is 9.37 Å². The summed E-state index contributed by atoms with van der Waals surface area (Å²) in [6.07, 6.45) is 3.39. The van der Waals surface area contributed by atoms with Gasteiger partial charge in [-0.05, 0) is 17.7 Å². The number of thioether (sulfide) groups is 1. The van der Waals surface area contributed by atoms with Crippen molar-refractivity contribution in [1.29, 1.82) is 0 Å². The van der Waals surface area contributed by atoms with E-state index in [4.69, 9.17) is 5.11 Å². The Bertz CT molecular complexity index is 572. The molecule has 2 aromatic rings. The number of nitrogens with zero attached hydrogens (tertiary/aromatic N) is 1. The lowest BCUT2D eigenvalue weighted by Gasteiger charge is -2.02. The molecule has 92 valence electrons. The summed E-state index contributed by atoms with van der Waals surface area (Å²) in [5, 5.41) is 9.32. The number of hydrogen-bond donors (Lipinski definition) is 2. The summed E-state index contributed by atoms with van der Waals surface area (Å²) in [4.78, 5) is 7.00. The molecule has 0 aliphatic rings. The van der Waals surface area contributed by atoms with Crippen LogP contribution in [0.4, 0.5) is 4.39 Å². The standard InChI is InChI=1S/C13H11FN2OS/c14-12-8-10(2-1-7-17)3-4-11(12)9-18-13-15-5-6-16-13/h3-6,8,17H,7,9H2,(H,15,16). The Kier molecular flexibility index (Phi) is 4.40. The smallest absolute Gasteiger partial charge is 0.165 e. The summed E-state index contributed by atoms with van der Waals surface area (Å²) in [6, 6.07) is 4.82. The van der Waals surface area contributed by atoms with E-state index in [2.05, 4.69) is 21.8 Å². The van der Waals surface area contributed by atoms with Gasteiger partial charge in [0.1, 0.15) is 12.4 Å². The Labute approximate surface area is 108 Å². The third kappa shape index (κ3) is 3.36. The van der Waals surface area contributed by atoms with Crippen LogP contribution in [-0.4, -0.2) is 21.7 Å². The summed E-state index contributed by atoms with van der Waals surface area (Å²) in [5.74, 6) is 5.37. The zero-order valence-electron chi connectivity index (χ0n) is 9.48. The number of rotatable bonds is 3. The van der Waals surface area contributed by atoms with Gasteiger partial charge >= 0.3 is 0 Å². The monoisotopic (exact) mass is 262 g/mol. The van der Waals surface area contributed by atoms with Gasteiger partial charge in [0, 0.05) is 23.7 Å². The minimum absolute atomic E-state index is 0.224. The van der Waals surface area contributed by atoms with E-state index < -0.39 is 0 Å². The molecule has 18 heavy (non-hydrogen) atoms. The van der Waals surface area contributed by atoms with E-state index in [1.165, 1.54) is 17.8 Å². The molecule has 5 heteroatoms. The van der Waals surface area contributed by atoms with Crippen LogP contribution >= 0.6 is 11.8 Å². The molecule has 3 nitrogen and oxygen atoms in total. The fraction of sp³-hybridized carbons (Fsp3) is 0.154. The van der Waals surface area contributed by atoms with E-state index in [-0.39, 0.29) is 12.4 Å². The molecule has 0 bridgehead atoms. The summed E-state index contributed by atoms with van der Waals surface area (Å²) in [6.45, 7) is -0.224. The topological polar surface area (TPSA) is 48.9 Å². The highest BCUT2D eigenvalue weighted by Crippen LogP contribution is 2.21. The zero-order chi connectivity index (χ0) is 12.8. The zero-order valence-corrected chi connectivity index (χ0v) is 10.3. The molecule has 0 radical (unpaired) electrons. The first kappa shape index (κ1) is 12.7. The highest BCUT2D eigenvalue weighted by molar-refractivity contribution is 7.98. The van der Waals surface area contributed by atoms with Crippen LogP contribution in [0.15, 0.2) is 35.7 Å². The van der Waals surface area contributed by atoms with Crippen molar-refractivity contribution in [2.24, 2.45) is 0 Å². The molecule has 2 rings (SSSR count). The number of benzene rings is 1. The van der Waals surface area contributed by atoms with Crippen LogP contribution in [0.1, 0.15) is 11.1 Å². The number of aliphatic hydroxyl groups is 1. The fourth-order valence-corrected chi connectivity index (χ4v) is 2.17. The molecular weight excluding hydrogens is 251 g/mol. The predicted molar refractivity (Wildman–Crippen MR) is 68.5 cm³/mol. The maximum absolute atomic E-state index is 13.7. The van der Waals surface area contributed by atoms with Gasteiger partial charge in [0.2, 0.25) is 0 Å². The van der Waals surface area contributed by atoms with E-state index in [9.17, 15) is 4.39 Å². The quantitative estimate of drug-likeness (QED) is 0.658. The Morgan fingerprint density at radius 2 is 2.33 bits per heavy atom. The maximum Gasteiger partial charge on any atom is 0.165 e. The number of nitrogens with one attached hydrogen (secondary N) is 1. The number of aliphatic hydroxyl groups excluding tert-OH is 1. The molecule has 2 N–H and O–H groups in total. The number of halogens is 1. The molecule has 0 spiro atoms. The molecule has 0 amide bonds. The van der Waals surface area contributed by atoms with Gasteiger partial charge in [-0.15, -0.1) is 0 Å². The van der Waals surface area contributed by atoms with E-state index in [0.717, 1.165) is 5.16 Å². The molecule has 0 atom stereocenters. The van der Waals surface area contributed by atoms with E-state index >= 15 is 0 Å². The molecule has 1 aromatic heterocycles. The Hall–Kier alpha value is -1.77. The molecule has 1 heterocycles. The van der Waals surface area contributed by atoms with E-state index in [1.807, 2.05) is 0 Å². The molecule has 0 saturated heterocycles. The summed E-state index contributed by atoms with van der Waals surface area (Å²) < 4.78 is 13.7. The molecule has 0 aliphatic heterocycles. The fourth-order valence-electron chi connectivity index (χ4n) is 1.36. The molecule has 0 aliphatic carbocycles. The Balaban J connectivity index is 2.05. The van der Waals surface area contributed by atoms with Crippen molar-refractivity contribution in [3.63, 3.8) is 0 Å². The molecule has 0 unspecified atom stereocenters. The van der Waals surface area contributed by atoms with Crippen molar-refractivity contribution in [2.75, 3.05) is 6.61 Å². The van der Waals surface area contributed by atoms with Crippen molar-refractivity contribution in [1.82, 2.24) is 9.97 Å². The second-order valence-electron chi connectivity index (χ2n) is 3.45. The summed E-state index contributed by atoms with van der Waals surface area (Å²) in [5.41, 5.74) is 1.17. The van der Waals surface area contributed by atoms with Crippen molar-refractivity contribution < 1.29 is 9.50 Å². The second kappa shape index (κ2) is 6.24. The van der Waals surface area contributed by atoms with Gasteiger partial charge in [-0.3, -0.25) is 0 Å². The van der Waals surface area contributed by atoms with Crippen molar-refractivity contribution in [2.45, 2.75) is 10.9 Å². The van der Waals surface area contributed by atoms with E-state index in [0.29, 0.717) is 16.9 Å². The third-order valence-electron chi connectivity index (χ3n) is 2.20. The molecule has 0 fully saturated rings. The Morgan fingerprint density at radius 1 is 1.44 bits per heavy atom. The number of aromatic amines is 1. The van der Waals surface area contributed by atoms with Gasteiger partial charge in [0.05, 0.1) is 0 Å². The minimum Gasteiger partial charge on any atom is -0.384 e. The van der Waals surface area contributed by atoms with Crippen LogP contribution in [-0.2, 0) is 5.75 Å². The second-order valence-corrected chi connectivity index (χ2v) is 4.41. The predicted octanol–water partition coefficient (Wildman–Crippen LogP) is 2.18. The summed E-state index contributed by atoms with van der Waals surface area (Å²) in [7, 11) is 0. The van der Waals surface area contributed by atoms with E-state index in [1.54, 1.807) is 24.5 Å². The van der Waals surface area contributed by atoms with Crippen molar-refractivity contribution >= 4 is 11.8 Å². The minimum atomic E-state index is -0.293. The van der Waals surface area contributed by atoms with Gasteiger partial charge in [0.25, 0.3) is 0 Å². The number of hydrogen-bond acceptors (Lipinski definition) is 3. The highest BCUT2D eigenvalue weighted by Gasteiger charge is 2.04. The first-order valence-electron chi connectivity index (χ1n) is 5.30. The maximum atomic E-state index is 13.7. The lowest BCUT2D eigenvalue weighted by Crippen LogP contribution is -1.90. The Morgan fingerprint density at radius 3 is 3.00 bits per heavy atom.